The number of aryl methyl sites for hydroxylation is 1. The minimum atomic E-state index is -3.81. The lowest BCUT2D eigenvalue weighted by molar-refractivity contribution is -0.119. The van der Waals surface area contributed by atoms with E-state index in [-0.39, 0.29) is 28.7 Å². The number of benzene rings is 3. The first-order chi connectivity index (χ1) is 15.3. The van der Waals surface area contributed by atoms with Gasteiger partial charge in [0.2, 0.25) is 15.9 Å². The topological polar surface area (TPSA) is 104 Å². The summed E-state index contributed by atoms with van der Waals surface area (Å²) in [6.07, 6.45) is 0. The summed E-state index contributed by atoms with van der Waals surface area (Å²) in [6.45, 7) is 2.09. The third-order valence-electron chi connectivity index (χ3n) is 4.48. The molecular weight excluding hydrogens is 446 g/mol. The molecule has 32 heavy (non-hydrogen) atoms. The molecule has 0 atom stereocenters. The third kappa shape index (κ3) is 6.68. The minimum absolute atomic E-state index is 0.0393. The van der Waals surface area contributed by atoms with Gasteiger partial charge in [-0.1, -0.05) is 54.6 Å². The van der Waals surface area contributed by atoms with E-state index in [1.54, 1.807) is 0 Å². The molecule has 3 rings (SSSR count). The van der Waals surface area contributed by atoms with E-state index in [0.29, 0.717) is 0 Å². The normalized spacial score (nSPS) is 11.0. The number of hydrogen-bond acceptors (Lipinski definition) is 5. The predicted octanol–water partition coefficient (Wildman–Crippen LogP) is 3.03. The highest BCUT2D eigenvalue weighted by molar-refractivity contribution is 8.00. The summed E-state index contributed by atoms with van der Waals surface area (Å²) < 4.78 is 27.7. The van der Waals surface area contributed by atoms with Gasteiger partial charge >= 0.3 is 0 Å². The summed E-state index contributed by atoms with van der Waals surface area (Å²) in [4.78, 5) is 25.4. The summed E-state index contributed by atoms with van der Waals surface area (Å²) in [6, 6.07) is 22.4. The minimum Gasteiger partial charge on any atom is -0.272 e. The van der Waals surface area contributed by atoms with Gasteiger partial charge < -0.3 is 0 Å². The van der Waals surface area contributed by atoms with E-state index in [4.69, 9.17) is 0 Å². The molecule has 0 heterocycles. The molecule has 0 saturated heterocycles. The Morgan fingerprint density at radius 2 is 1.59 bits per heavy atom. The van der Waals surface area contributed by atoms with Crippen LogP contribution in [0, 0.1) is 6.92 Å². The molecule has 0 aliphatic heterocycles. The number of sulfonamides is 1. The Hall–Kier alpha value is -3.14. The zero-order valence-corrected chi connectivity index (χ0v) is 19.0. The highest BCUT2D eigenvalue weighted by atomic mass is 32.2. The van der Waals surface area contributed by atoms with Crippen LogP contribution in [0.15, 0.2) is 88.7 Å². The number of thioether (sulfide) groups is 1. The maximum atomic E-state index is 12.6. The first kappa shape index (κ1) is 23.5. The lowest BCUT2D eigenvalue weighted by atomic mass is 10.2. The van der Waals surface area contributed by atoms with Crippen LogP contribution in [-0.2, 0) is 21.4 Å². The number of hydrazine groups is 1. The first-order valence-electron chi connectivity index (χ1n) is 9.76. The average Bonchev–Trinajstić information content (AvgIpc) is 2.81. The van der Waals surface area contributed by atoms with Gasteiger partial charge in [-0.25, -0.2) is 13.1 Å². The van der Waals surface area contributed by atoms with Crippen LogP contribution in [0.5, 0.6) is 0 Å². The van der Waals surface area contributed by atoms with Crippen LogP contribution >= 0.6 is 11.8 Å². The first-order valence-corrected chi connectivity index (χ1v) is 12.2. The van der Waals surface area contributed by atoms with Gasteiger partial charge in [-0.2, -0.15) is 0 Å². The number of carbonyl (C=O) groups is 2. The molecule has 0 aliphatic carbocycles. The quantitative estimate of drug-likeness (QED) is 0.348. The Kier molecular flexibility index (Phi) is 8.04. The molecule has 3 aromatic carbocycles. The molecule has 9 heteroatoms. The molecule has 0 saturated carbocycles. The van der Waals surface area contributed by atoms with E-state index in [0.717, 1.165) is 16.0 Å². The zero-order valence-electron chi connectivity index (χ0n) is 17.4. The molecule has 2 amide bonds. The second-order valence-electron chi connectivity index (χ2n) is 6.89. The molecule has 0 unspecified atom stereocenters. The molecule has 0 bridgehead atoms. The number of rotatable bonds is 8. The number of amides is 2. The van der Waals surface area contributed by atoms with Crippen LogP contribution in [0.2, 0.25) is 0 Å². The van der Waals surface area contributed by atoms with E-state index in [9.17, 15) is 18.0 Å². The van der Waals surface area contributed by atoms with Crippen molar-refractivity contribution in [2.75, 3.05) is 5.75 Å². The molecule has 0 aliphatic rings. The van der Waals surface area contributed by atoms with Crippen molar-refractivity contribution >= 4 is 33.6 Å². The number of carbonyl (C=O) groups excluding carboxylic acids is 2. The summed E-state index contributed by atoms with van der Waals surface area (Å²) in [5, 5.41) is 0. The maximum absolute atomic E-state index is 12.6. The second-order valence-corrected chi connectivity index (χ2v) is 9.68. The third-order valence-corrected chi connectivity index (χ3v) is 7.06. The molecular formula is C23H23N3O4S2. The van der Waals surface area contributed by atoms with Crippen molar-refractivity contribution in [2.24, 2.45) is 0 Å². The summed E-state index contributed by atoms with van der Waals surface area (Å²) >= 11 is 1.36. The van der Waals surface area contributed by atoms with Crippen LogP contribution in [0.3, 0.4) is 0 Å². The fourth-order valence-corrected chi connectivity index (χ4v) is 4.65. The molecule has 0 fully saturated rings. The highest BCUT2D eigenvalue weighted by Crippen LogP contribution is 2.21. The van der Waals surface area contributed by atoms with Gasteiger partial charge in [0, 0.05) is 17.0 Å². The van der Waals surface area contributed by atoms with E-state index < -0.39 is 15.9 Å². The lowest BCUT2D eigenvalue weighted by Gasteiger charge is -2.10. The van der Waals surface area contributed by atoms with Crippen LogP contribution in [-0.4, -0.2) is 26.0 Å². The molecule has 7 nitrogen and oxygen atoms in total. The lowest BCUT2D eigenvalue weighted by Crippen LogP contribution is -2.42. The molecule has 3 N–H and O–H groups in total. The fourth-order valence-electron chi connectivity index (χ4n) is 2.76. The highest BCUT2D eigenvalue weighted by Gasteiger charge is 2.16. The monoisotopic (exact) mass is 469 g/mol. The van der Waals surface area contributed by atoms with Crippen molar-refractivity contribution in [3.8, 4) is 0 Å². The zero-order chi connectivity index (χ0) is 23.0. The van der Waals surface area contributed by atoms with Crippen molar-refractivity contribution in [3.05, 3.63) is 95.6 Å². The SMILES string of the molecule is Cc1ccccc1SCC(=O)NNC(=O)c1cccc(S(=O)(=O)NCc2ccccc2)c1. The summed E-state index contributed by atoms with van der Waals surface area (Å²) in [5.41, 5.74) is 6.66. The van der Waals surface area contributed by atoms with Crippen molar-refractivity contribution in [1.82, 2.24) is 15.6 Å². The van der Waals surface area contributed by atoms with E-state index in [2.05, 4.69) is 15.6 Å². The van der Waals surface area contributed by atoms with Crippen LogP contribution in [0.4, 0.5) is 0 Å². The Morgan fingerprint density at radius 3 is 2.34 bits per heavy atom. The number of hydrogen-bond donors (Lipinski definition) is 3. The van der Waals surface area contributed by atoms with Gasteiger partial charge in [0.1, 0.15) is 0 Å². The van der Waals surface area contributed by atoms with Crippen molar-refractivity contribution in [1.29, 1.82) is 0 Å². The van der Waals surface area contributed by atoms with Crippen molar-refractivity contribution in [2.45, 2.75) is 23.3 Å². The van der Waals surface area contributed by atoms with Crippen LogP contribution in [0.1, 0.15) is 21.5 Å². The van der Waals surface area contributed by atoms with E-state index in [1.165, 1.54) is 36.0 Å². The molecule has 166 valence electrons. The number of nitrogens with one attached hydrogen (secondary N) is 3. The predicted molar refractivity (Wildman–Crippen MR) is 124 cm³/mol. The Balaban J connectivity index is 1.55. The molecule has 0 aromatic heterocycles. The van der Waals surface area contributed by atoms with Crippen LogP contribution in [0.25, 0.3) is 0 Å². The fraction of sp³-hybridized carbons (Fsp3) is 0.130. The van der Waals surface area contributed by atoms with Crippen LogP contribution < -0.4 is 15.6 Å². The molecule has 0 spiro atoms. The van der Waals surface area contributed by atoms with Gasteiger partial charge in [0.25, 0.3) is 5.91 Å². The summed E-state index contributed by atoms with van der Waals surface area (Å²) in [5.74, 6) is -0.859. The maximum Gasteiger partial charge on any atom is 0.269 e. The Morgan fingerprint density at radius 1 is 0.875 bits per heavy atom. The van der Waals surface area contributed by atoms with Crippen molar-refractivity contribution < 1.29 is 18.0 Å². The van der Waals surface area contributed by atoms with Gasteiger partial charge in [0.05, 0.1) is 10.6 Å². The van der Waals surface area contributed by atoms with Gasteiger partial charge in [-0.3, -0.25) is 20.4 Å². The largest absolute Gasteiger partial charge is 0.272 e. The smallest absolute Gasteiger partial charge is 0.269 e. The average molecular weight is 470 g/mol. The standard InChI is InChI=1S/C23H23N3O4S2/c1-17-8-5-6-13-21(17)31-16-22(27)25-26-23(28)19-11-7-12-20(14-19)32(29,30)24-15-18-9-3-2-4-10-18/h2-14,24H,15-16H2,1H3,(H,25,27)(H,26,28). The van der Waals surface area contributed by atoms with E-state index in [1.807, 2.05) is 61.5 Å². The van der Waals surface area contributed by atoms with Gasteiger partial charge in [-0.05, 0) is 42.3 Å². The molecule has 3 aromatic rings. The van der Waals surface area contributed by atoms with Gasteiger partial charge in [-0.15, -0.1) is 11.8 Å². The van der Waals surface area contributed by atoms with Gasteiger partial charge in [0.15, 0.2) is 0 Å². The summed E-state index contributed by atoms with van der Waals surface area (Å²) in [7, 11) is -3.81. The molecule has 0 radical (unpaired) electrons. The van der Waals surface area contributed by atoms with Crippen molar-refractivity contribution in [3.63, 3.8) is 0 Å². The van der Waals surface area contributed by atoms with E-state index >= 15 is 0 Å². The second kappa shape index (κ2) is 10.9. The Bertz CT molecular complexity index is 1200. The Labute approximate surface area is 191 Å².